The molecule has 0 atom stereocenters. The van der Waals surface area contributed by atoms with Crippen molar-refractivity contribution < 1.29 is 14.6 Å². The highest BCUT2D eigenvalue weighted by molar-refractivity contribution is 4.83. The fraction of sp³-hybridized carbons (Fsp3) is 1.00. The number of hydrogen-bond acceptors (Lipinski definition) is 3. The molecule has 19 heavy (non-hydrogen) atoms. The fourth-order valence-corrected chi connectivity index (χ4v) is 2.45. The second-order valence-electron chi connectivity index (χ2n) is 5.95. The van der Waals surface area contributed by atoms with E-state index in [-0.39, 0.29) is 0 Å². The van der Waals surface area contributed by atoms with Gasteiger partial charge in [0.25, 0.3) is 0 Å². The van der Waals surface area contributed by atoms with Crippen LogP contribution in [0.2, 0.25) is 0 Å². The standard InChI is InChI=1S/C16H32O3/c1-2-16(14-19-15-16)13-18-12-10-8-6-4-3-5-7-9-11-17/h17H,2-15H2,1H3. The molecule has 3 heteroatoms. The van der Waals surface area contributed by atoms with E-state index in [0.717, 1.165) is 32.8 Å². The van der Waals surface area contributed by atoms with Gasteiger partial charge in [-0.1, -0.05) is 45.4 Å². The second kappa shape index (κ2) is 10.6. The molecule has 114 valence electrons. The van der Waals surface area contributed by atoms with Crippen molar-refractivity contribution in [1.82, 2.24) is 0 Å². The lowest BCUT2D eigenvalue weighted by atomic mass is 9.84. The fourth-order valence-electron chi connectivity index (χ4n) is 2.45. The first-order valence-electron chi connectivity index (χ1n) is 8.09. The average Bonchev–Trinajstić information content (AvgIpc) is 2.38. The van der Waals surface area contributed by atoms with Gasteiger partial charge in [0, 0.05) is 18.6 Å². The van der Waals surface area contributed by atoms with Gasteiger partial charge in [-0.15, -0.1) is 0 Å². The Labute approximate surface area is 118 Å². The molecular formula is C16H32O3. The Bertz CT molecular complexity index is 197. The highest BCUT2D eigenvalue weighted by Gasteiger charge is 2.36. The molecule has 0 aromatic carbocycles. The Hall–Kier alpha value is -0.120. The van der Waals surface area contributed by atoms with Crippen LogP contribution in [-0.2, 0) is 9.47 Å². The first-order chi connectivity index (χ1) is 9.33. The van der Waals surface area contributed by atoms with Gasteiger partial charge in [0.1, 0.15) is 0 Å². The van der Waals surface area contributed by atoms with Gasteiger partial charge in [0.15, 0.2) is 0 Å². The minimum Gasteiger partial charge on any atom is -0.396 e. The molecule has 1 rings (SSSR count). The molecule has 1 aliphatic heterocycles. The van der Waals surface area contributed by atoms with E-state index >= 15 is 0 Å². The molecule has 0 aliphatic carbocycles. The van der Waals surface area contributed by atoms with Crippen LogP contribution in [0.25, 0.3) is 0 Å². The van der Waals surface area contributed by atoms with E-state index in [2.05, 4.69) is 6.92 Å². The lowest BCUT2D eigenvalue weighted by molar-refractivity contribution is -0.150. The summed E-state index contributed by atoms with van der Waals surface area (Å²) in [7, 11) is 0. The van der Waals surface area contributed by atoms with Crippen molar-refractivity contribution in [2.45, 2.75) is 64.7 Å². The van der Waals surface area contributed by atoms with Crippen LogP contribution in [0.1, 0.15) is 64.7 Å². The van der Waals surface area contributed by atoms with Gasteiger partial charge in [-0.25, -0.2) is 0 Å². The Morgan fingerprint density at radius 3 is 2.00 bits per heavy atom. The SMILES string of the molecule is CCC1(COCCCCCCCCCCO)COC1. The molecule has 0 spiro atoms. The summed E-state index contributed by atoms with van der Waals surface area (Å²) in [4.78, 5) is 0. The van der Waals surface area contributed by atoms with Gasteiger partial charge in [-0.3, -0.25) is 0 Å². The van der Waals surface area contributed by atoms with Gasteiger partial charge in [-0.05, 0) is 19.3 Å². The maximum Gasteiger partial charge on any atom is 0.0566 e. The molecule has 3 nitrogen and oxygen atoms in total. The monoisotopic (exact) mass is 272 g/mol. The van der Waals surface area contributed by atoms with Gasteiger partial charge >= 0.3 is 0 Å². The molecule has 0 amide bonds. The van der Waals surface area contributed by atoms with Crippen LogP contribution in [0.4, 0.5) is 0 Å². The van der Waals surface area contributed by atoms with Crippen LogP contribution < -0.4 is 0 Å². The van der Waals surface area contributed by atoms with Crippen molar-refractivity contribution in [2.24, 2.45) is 5.41 Å². The zero-order valence-corrected chi connectivity index (χ0v) is 12.7. The summed E-state index contributed by atoms with van der Waals surface area (Å²) in [6, 6.07) is 0. The summed E-state index contributed by atoms with van der Waals surface area (Å²) in [6.45, 7) is 6.13. The predicted molar refractivity (Wildman–Crippen MR) is 78.4 cm³/mol. The molecule has 0 aromatic rings. The van der Waals surface area contributed by atoms with Crippen LogP contribution in [0, 0.1) is 5.41 Å². The third-order valence-electron chi connectivity index (χ3n) is 4.17. The molecule has 0 saturated carbocycles. The van der Waals surface area contributed by atoms with E-state index in [1.807, 2.05) is 0 Å². The van der Waals surface area contributed by atoms with Crippen molar-refractivity contribution in [3.8, 4) is 0 Å². The van der Waals surface area contributed by atoms with Gasteiger partial charge in [0.05, 0.1) is 19.8 Å². The Morgan fingerprint density at radius 1 is 0.947 bits per heavy atom. The van der Waals surface area contributed by atoms with E-state index in [4.69, 9.17) is 14.6 Å². The van der Waals surface area contributed by atoms with Crippen molar-refractivity contribution in [2.75, 3.05) is 33.0 Å². The van der Waals surface area contributed by atoms with E-state index in [9.17, 15) is 0 Å². The molecule has 1 saturated heterocycles. The van der Waals surface area contributed by atoms with E-state index in [1.54, 1.807) is 0 Å². The summed E-state index contributed by atoms with van der Waals surface area (Å²) in [5.41, 5.74) is 0.340. The Morgan fingerprint density at radius 2 is 1.53 bits per heavy atom. The zero-order chi connectivity index (χ0) is 13.8. The first kappa shape index (κ1) is 16.9. The van der Waals surface area contributed by atoms with Crippen LogP contribution >= 0.6 is 0 Å². The summed E-state index contributed by atoms with van der Waals surface area (Å²) in [5, 5.41) is 8.66. The maximum absolute atomic E-state index is 8.66. The van der Waals surface area contributed by atoms with Gasteiger partial charge in [0.2, 0.25) is 0 Å². The summed E-state index contributed by atoms with van der Waals surface area (Å²) in [6.07, 6.45) is 11.0. The quantitative estimate of drug-likeness (QED) is 0.521. The smallest absolute Gasteiger partial charge is 0.0566 e. The van der Waals surface area contributed by atoms with E-state index in [0.29, 0.717) is 12.0 Å². The van der Waals surface area contributed by atoms with Gasteiger partial charge in [-0.2, -0.15) is 0 Å². The van der Waals surface area contributed by atoms with Crippen molar-refractivity contribution in [3.05, 3.63) is 0 Å². The third kappa shape index (κ3) is 7.28. The van der Waals surface area contributed by atoms with Crippen LogP contribution in [-0.4, -0.2) is 38.1 Å². The molecular weight excluding hydrogens is 240 g/mol. The lowest BCUT2D eigenvalue weighted by Gasteiger charge is -2.40. The lowest BCUT2D eigenvalue weighted by Crippen LogP contribution is -2.45. The molecule has 1 aliphatic rings. The highest BCUT2D eigenvalue weighted by Crippen LogP contribution is 2.31. The molecule has 0 bridgehead atoms. The molecule has 1 heterocycles. The van der Waals surface area contributed by atoms with E-state index < -0.39 is 0 Å². The minimum atomic E-state index is 0.340. The van der Waals surface area contributed by atoms with Crippen LogP contribution in [0.5, 0.6) is 0 Å². The van der Waals surface area contributed by atoms with Crippen LogP contribution in [0.15, 0.2) is 0 Å². The Kier molecular flexibility index (Phi) is 9.48. The van der Waals surface area contributed by atoms with Crippen molar-refractivity contribution >= 4 is 0 Å². The largest absolute Gasteiger partial charge is 0.396 e. The predicted octanol–water partition coefficient (Wildman–Crippen LogP) is 3.54. The van der Waals surface area contributed by atoms with Gasteiger partial charge < -0.3 is 14.6 Å². The molecule has 1 fully saturated rings. The highest BCUT2D eigenvalue weighted by atomic mass is 16.5. The summed E-state index contributed by atoms with van der Waals surface area (Å²) in [5.74, 6) is 0. The maximum atomic E-state index is 8.66. The van der Waals surface area contributed by atoms with Crippen molar-refractivity contribution in [3.63, 3.8) is 0 Å². The van der Waals surface area contributed by atoms with Crippen molar-refractivity contribution in [1.29, 1.82) is 0 Å². The van der Waals surface area contributed by atoms with E-state index in [1.165, 1.54) is 51.4 Å². The molecule has 0 aromatic heterocycles. The number of aliphatic hydroxyl groups excluding tert-OH is 1. The normalized spacial score (nSPS) is 17.4. The first-order valence-corrected chi connectivity index (χ1v) is 8.09. The number of hydrogen-bond donors (Lipinski definition) is 1. The summed E-state index contributed by atoms with van der Waals surface area (Å²) >= 11 is 0. The topological polar surface area (TPSA) is 38.7 Å². The zero-order valence-electron chi connectivity index (χ0n) is 12.7. The third-order valence-corrected chi connectivity index (χ3v) is 4.17. The number of aliphatic hydroxyl groups is 1. The number of unbranched alkanes of at least 4 members (excludes halogenated alkanes) is 7. The average molecular weight is 272 g/mol. The number of rotatable bonds is 13. The molecule has 1 N–H and O–H groups in total. The second-order valence-corrected chi connectivity index (χ2v) is 5.95. The Balaban J connectivity index is 1.76. The minimum absolute atomic E-state index is 0.340. The molecule has 0 radical (unpaired) electrons. The van der Waals surface area contributed by atoms with Crippen LogP contribution in [0.3, 0.4) is 0 Å². The summed E-state index contributed by atoms with van der Waals surface area (Å²) < 4.78 is 11.1. The molecule has 0 unspecified atom stereocenters. The number of ether oxygens (including phenoxy) is 2.